The van der Waals surface area contributed by atoms with Crippen molar-refractivity contribution in [3.63, 3.8) is 0 Å². The van der Waals surface area contributed by atoms with Gasteiger partial charge in [0.25, 0.3) is 11.6 Å². The fourth-order valence-electron chi connectivity index (χ4n) is 1.41. The Kier molecular flexibility index (Phi) is 3.86. The number of pyridine rings is 1. The van der Waals surface area contributed by atoms with Gasteiger partial charge in [-0.15, -0.1) is 0 Å². The van der Waals surface area contributed by atoms with Gasteiger partial charge in [0, 0.05) is 23.9 Å². The fraction of sp³-hybridized carbons (Fsp3) is 0. The number of benzene rings is 1. The van der Waals surface area contributed by atoms with Crippen molar-refractivity contribution in [3.05, 3.63) is 62.9 Å². The SMILES string of the molecule is O=C(Nc1cccnc1Br)c1ccc([N+](=O)[O-])cc1. The number of rotatable bonds is 3. The summed E-state index contributed by atoms with van der Waals surface area (Å²) in [4.78, 5) is 25.9. The molecule has 0 spiro atoms. The van der Waals surface area contributed by atoms with E-state index in [1.807, 2.05) is 0 Å². The molecule has 6 nitrogen and oxygen atoms in total. The average molecular weight is 322 g/mol. The molecule has 1 N–H and O–H groups in total. The number of carbonyl (C=O) groups excluding carboxylic acids is 1. The van der Waals surface area contributed by atoms with Gasteiger partial charge in [0.05, 0.1) is 10.6 Å². The summed E-state index contributed by atoms with van der Waals surface area (Å²) in [5.74, 6) is -0.358. The standard InChI is InChI=1S/C12H8BrN3O3/c13-11-10(2-1-7-14-11)15-12(17)8-3-5-9(6-4-8)16(18)19/h1-7H,(H,15,17). The lowest BCUT2D eigenvalue weighted by Crippen LogP contribution is -2.12. The highest BCUT2D eigenvalue weighted by atomic mass is 79.9. The third kappa shape index (κ3) is 3.14. The van der Waals surface area contributed by atoms with E-state index in [2.05, 4.69) is 26.2 Å². The van der Waals surface area contributed by atoms with Crippen LogP contribution in [0.5, 0.6) is 0 Å². The van der Waals surface area contributed by atoms with Crippen molar-refractivity contribution < 1.29 is 9.72 Å². The van der Waals surface area contributed by atoms with Crippen LogP contribution in [0.1, 0.15) is 10.4 Å². The smallest absolute Gasteiger partial charge is 0.269 e. The summed E-state index contributed by atoms with van der Waals surface area (Å²) in [5, 5.41) is 13.2. The number of aromatic nitrogens is 1. The van der Waals surface area contributed by atoms with Crippen LogP contribution in [0.2, 0.25) is 0 Å². The van der Waals surface area contributed by atoms with Crippen molar-refractivity contribution in [1.29, 1.82) is 0 Å². The number of anilines is 1. The summed E-state index contributed by atoms with van der Waals surface area (Å²) in [5.41, 5.74) is 0.811. The third-order valence-corrected chi connectivity index (χ3v) is 2.98. The van der Waals surface area contributed by atoms with Gasteiger partial charge in [-0.25, -0.2) is 4.98 Å². The number of hydrogen-bond acceptors (Lipinski definition) is 4. The van der Waals surface area contributed by atoms with Crippen LogP contribution < -0.4 is 5.32 Å². The number of amides is 1. The zero-order chi connectivity index (χ0) is 13.8. The highest BCUT2D eigenvalue weighted by Gasteiger charge is 2.10. The van der Waals surface area contributed by atoms with E-state index in [9.17, 15) is 14.9 Å². The summed E-state index contributed by atoms with van der Waals surface area (Å²) in [6, 6.07) is 8.76. The van der Waals surface area contributed by atoms with Gasteiger partial charge in [-0.2, -0.15) is 0 Å². The summed E-state index contributed by atoms with van der Waals surface area (Å²) in [6.07, 6.45) is 1.59. The largest absolute Gasteiger partial charge is 0.320 e. The lowest BCUT2D eigenvalue weighted by atomic mass is 10.2. The van der Waals surface area contributed by atoms with E-state index in [0.717, 1.165) is 0 Å². The molecule has 0 bridgehead atoms. The number of nitro groups is 1. The van der Waals surface area contributed by atoms with Gasteiger partial charge in [0.15, 0.2) is 0 Å². The predicted octanol–water partition coefficient (Wildman–Crippen LogP) is 3.00. The van der Waals surface area contributed by atoms with Crippen molar-refractivity contribution in [2.75, 3.05) is 5.32 Å². The van der Waals surface area contributed by atoms with Crippen molar-refractivity contribution in [2.45, 2.75) is 0 Å². The van der Waals surface area contributed by atoms with Gasteiger partial charge in [-0.3, -0.25) is 14.9 Å². The molecule has 0 saturated carbocycles. The molecule has 2 aromatic rings. The monoisotopic (exact) mass is 321 g/mol. The van der Waals surface area contributed by atoms with E-state index in [0.29, 0.717) is 15.9 Å². The molecule has 7 heteroatoms. The van der Waals surface area contributed by atoms with Gasteiger partial charge >= 0.3 is 0 Å². The second-order valence-corrected chi connectivity index (χ2v) is 4.35. The Hall–Kier alpha value is -2.28. The van der Waals surface area contributed by atoms with E-state index >= 15 is 0 Å². The second kappa shape index (κ2) is 5.57. The van der Waals surface area contributed by atoms with E-state index in [4.69, 9.17) is 0 Å². The molecular formula is C12H8BrN3O3. The summed E-state index contributed by atoms with van der Waals surface area (Å²) in [6.45, 7) is 0. The van der Waals surface area contributed by atoms with Crippen molar-refractivity contribution in [1.82, 2.24) is 4.98 Å². The van der Waals surface area contributed by atoms with Crippen LogP contribution in [0.25, 0.3) is 0 Å². The van der Waals surface area contributed by atoms with Crippen LogP contribution >= 0.6 is 15.9 Å². The Morgan fingerprint density at radius 2 is 1.95 bits per heavy atom. The molecule has 0 aliphatic carbocycles. The minimum absolute atomic E-state index is 0.0564. The topological polar surface area (TPSA) is 85.1 Å². The molecule has 1 aromatic carbocycles. The number of nitrogens with zero attached hydrogens (tertiary/aromatic N) is 2. The maximum absolute atomic E-state index is 11.9. The molecule has 0 unspecified atom stereocenters. The Morgan fingerprint density at radius 1 is 1.26 bits per heavy atom. The third-order valence-electron chi connectivity index (χ3n) is 2.35. The van der Waals surface area contributed by atoms with Crippen LogP contribution in [0.15, 0.2) is 47.2 Å². The zero-order valence-electron chi connectivity index (χ0n) is 9.54. The first-order valence-corrected chi connectivity index (χ1v) is 6.03. The highest BCUT2D eigenvalue weighted by molar-refractivity contribution is 9.10. The van der Waals surface area contributed by atoms with Gasteiger partial charge in [0.1, 0.15) is 4.60 Å². The highest BCUT2D eigenvalue weighted by Crippen LogP contribution is 2.19. The normalized spacial score (nSPS) is 9.95. The van der Waals surface area contributed by atoms with E-state index in [1.165, 1.54) is 24.3 Å². The van der Waals surface area contributed by atoms with Crippen LogP contribution in [0.4, 0.5) is 11.4 Å². The lowest BCUT2D eigenvalue weighted by molar-refractivity contribution is -0.384. The first-order valence-electron chi connectivity index (χ1n) is 5.24. The minimum atomic E-state index is -0.514. The lowest BCUT2D eigenvalue weighted by Gasteiger charge is -2.06. The van der Waals surface area contributed by atoms with E-state index in [-0.39, 0.29) is 11.6 Å². The van der Waals surface area contributed by atoms with Gasteiger partial charge < -0.3 is 5.32 Å². The molecule has 0 aliphatic rings. The second-order valence-electron chi connectivity index (χ2n) is 3.60. The first kappa shape index (κ1) is 13.2. The van der Waals surface area contributed by atoms with Crippen LogP contribution in [0, 0.1) is 10.1 Å². The Labute approximate surface area is 116 Å². The molecule has 0 saturated heterocycles. The summed E-state index contributed by atoms with van der Waals surface area (Å²) >= 11 is 3.21. The molecule has 1 amide bonds. The summed E-state index contributed by atoms with van der Waals surface area (Å²) in [7, 11) is 0. The van der Waals surface area contributed by atoms with E-state index < -0.39 is 4.92 Å². The maximum atomic E-state index is 11.9. The number of carbonyl (C=O) groups is 1. The molecular weight excluding hydrogens is 314 g/mol. The molecule has 19 heavy (non-hydrogen) atoms. The van der Waals surface area contributed by atoms with Crippen LogP contribution in [-0.2, 0) is 0 Å². The number of halogens is 1. The molecule has 2 rings (SSSR count). The zero-order valence-corrected chi connectivity index (χ0v) is 11.1. The predicted molar refractivity (Wildman–Crippen MR) is 73.0 cm³/mol. The van der Waals surface area contributed by atoms with Crippen molar-refractivity contribution in [2.24, 2.45) is 0 Å². The summed E-state index contributed by atoms with van der Waals surface area (Å²) < 4.78 is 0.519. The van der Waals surface area contributed by atoms with Crippen molar-refractivity contribution in [3.8, 4) is 0 Å². The fourth-order valence-corrected chi connectivity index (χ4v) is 1.76. The molecule has 0 fully saturated rings. The number of non-ortho nitro benzene ring substituents is 1. The minimum Gasteiger partial charge on any atom is -0.320 e. The van der Waals surface area contributed by atoms with Crippen molar-refractivity contribution >= 4 is 33.2 Å². The van der Waals surface area contributed by atoms with Gasteiger partial charge in [-0.1, -0.05) is 0 Å². The molecule has 0 radical (unpaired) electrons. The molecule has 0 atom stereocenters. The van der Waals surface area contributed by atoms with Gasteiger partial charge in [0.2, 0.25) is 0 Å². The van der Waals surface area contributed by atoms with Crippen LogP contribution in [-0.4, -0.2) is 15.8 Å². The Bertz CT molecular complexity index is 628. The number of nitrogens with one attached hydrogen (secondary N) is 1. The number of nitro benzene ring substituents is 1. The number of hydrogen-bond donors (Lipinski definition) is 1. The molecule has 0 aliphatic heterocycles. The van der Waals surface area contributed by atoms with Gasteiger partial charge in [-0.05, 0) is 40.2 Å². The maximum Gasteiger partial charge on any atom is 0.269 e. The Morgan fingerprint density at radius 3 is 2.53 bits per heavy atom. The average Bonchev–Trinajstić information content (AvgIpc) is 2.41. The first-order chi connectivity index (χ1) is 9.08. The molecule has 1 aromatic heterocycles. The molecule has 96 valence electrons. The Balaban J connectivity index is 2.16. The molecule has 1 heterocycles. The van der Waals surface area contributed by atoms with Crippen LogP contribution in [0.3, 0.4) is 0 Å². The van der Waals surface area contributed by atoms with E-state index in [1.54, 1.807) is 18.3 Å². The quantitative estimate of drug-likeness (QED) is 0.535.